The summed E-state index contributed by atoms with van der Waals surface area (Å²) in [7, 11) is 2.06. The fourth-order valence-corrected chi connectivity index (χ4v) is 2.55. The summed E-state index contributed by atoms with van der Waals surface area (Å²) in [6, 6.07) is 6.06. The van der Waals surface area contributed by atoms with Gasteiger partial charge in [0.2, 0.25) is 0 Å². The number of thiazole rings is 1. The van der Waals surface area contributed by atoms with Gasteiger partial charge in [-0.2, -0.15) is 0 Å². The molecule has 0 fully saturated rings. The van der Waals surface area contributed by atoms with E-state index in [2.05, 4.69) is 27.3 Å². The Morgan fingerprint density at radius 1 is 1.44 bits per heavy atom. The van der Waals surface area contributed by atoms with Crippen LogP contribution in [0.15, 0.2) is 29.8 Å². The maximum absolute atomic E-state index is 5.87. The minimum Gasteiger partial charge on any atom is -0.329 e. The maximum Gasteiger partial charge on any atom is 0.0897 e. The molecule has 2 aromatic rings. The predicted octanol–water partition coefficient (Wildman–Crippen LogP) is 1.98. The zero-order chi connectivity index (χ0) is 13.0. The normalized spacial score (nSPS) is 12.9. The van der Waals surface area contributed by atoms with Gasteiger partial charge in [0, 0.05) is 24.7 Å². The lowest BCUT2D eigenvalue weighted by Crippen LogP contribution is -2.30. The molecule has 0 bridgehead atoms. The highest BCUT2D eigenvalue weighted by atomic mass is 32.1. The molecule has 0 saturated heterocycles. The number of likely N-dealkylation sites (N-methyl/N-ethyl adjacent to an activating group) is 1. The van der Waals surface area contributed by atoms with Crippen LogP contribution >= 0.6 is 11.3 Å². The van der Waals surface area contributed by atoms with Crippen LogP contribution < -0.4 is 5.73 Å². The zero-order valence-corrected chi connectivity index (χ0v) is 11.5. The summed E-state index contributed by atoms with van der Waals surface area (Å²) in [5, 5.41) is 3.19. The van der Waals surface area contributed by atoms with E-state index in [1.165, 1.54) is 0 Å². The predicted molar refractivity (Wildman–Crippen MR) is 74.4 cm³/mol. The number of aryl methyl sites for hydroxylation is 1. The van der Waals surface area contributed by atoms with Gasteiger partial charge in [-0.25, -0.2) is 4.98 Å². The van der Waals surface area contributed by atoms with Crippen molar-refractivity contribution in [2.24, 2.45) is 5.73 Å². The van der Waals surface area contributed by atoms with E-state index in [0.29, 0.717) is 6.54 Å². The third-order valence-corrected chi connectivity index (χ3v) is 3.68. The molecule has 4 nitrogen and oxygen atoms in total. The average Bonchev–Trinajstić information content (AvgIpc) is 2.77. The number of aromatic nitrogens is 2. The smallest absolute Gasteiger partial charge is 0.0897 e. The van der Waals surface area contributed by atoms with Crippen molar-refractivity contribution < 1.29 is 0 Å². The van der Waals surface area contributed by atoms with Crippen LogP contribution in [0.25, 0.3) is 0 Å². The van der Waals surface area contributed by atoms with E-state index < -0.39 is 0 Å². The second-order valence-corrected chi connectivity index (χ2v) is 5.34. The Bertz CT molecular complexity index is 483. The van der Waals surface area contributed by atoms with Gasteiger partial charge < -0.3 is 5.73 Å². The van der Waals surface area contributed by atoms with Gasteiger partial charge in [-0.3, -0.25) is 9.88 Å². The summed E-state index contributed by atoms with van der Waals surface area (Å²) < 4.78 is 0. The molecule has 0 aliphatic carbocycles. The molecule has 1 atom stereocenters. The highest BCUT2D eigenvalue weighted by Crippen LogP contribution is 2.19. The maximum atomic E-state index is 5.87. The number of hydrogen-bond acceptors (Lipinski definition) is 5. The van der Waals surface area contributed by atoms with E-state index in [0.717, 1.165) is 22.9 Å². The summed E-state index contributed by atoms with van der Waals surface area (Å²) >= 11 is 1.68. The molecule has 0 spiro atoms. The second-order valence-electron chi connectivity index (χ2n) is 4.28. The third-order valence-electron chi connectivity index (χ3n) is 2.86. The molecule has 96 valence electrons. The van der Waals surface area contributed by atoms with Gasteiger partial charge in [-0.05, 0) is 26.1 Å². The Labute approximate surface area is 111 Å². The first-order valence-corrected chi connectivity index (χ1v) is 6.81. The van der Waals surface area contributed by atoms with Gasteiger partial charge in [0.25, 0.3) is 0 Å². The van der Waals surface area contributed by atoms with Crippen molar-refractivity contribution in [1.29, 1.82) is 0 Å². The lowest BCUT2D eigenvalue weighted by molar-refractivity contribution is 0.235. The standard InChI is InChI=1S/C13H18N4S/c1-10-16-11(9-18-10)8-17(2)13(7-14)12-5-3-4-6-15-12/h3-6,9,13H,7-8,14H2,1-2H3. The quantitative estimate of drug-likeness (QED) is 0.895. The number of hydrogen-bond donors (Lipinski definition) is 1. The largest absolute Gasteiger partial charge is 0.329 e. The molecule has 2 rings (SSSR count). The molecule has 0 amide bonds. The number of nitrogens with two attached hydrogens (primary N) is 1. The molecule has 2 aromatic heterocycles. The topological polar surface area (TPSA) is 55.0 Å². The molecule has 0 radical (unpaired) electrons. The molecule has 0 saturated carbocycles. The van der Waals surface area contributed by atoms with Gasteiger partial charge in [0.15, 0.2) is 0 Å². The van der Waals surface area contributed by atoms with Crippen LogP contribution in [0.4, 0.5) is 0 Å². The lowest BCUT2D eigenvalue weighted by Gasteiger charge is -2.25. The first kappa shape index (κ1) is 13.1. The van der Waals surface area contributed by atoms with E-state index in [1.54, 1.807) is 17.5 Å². The summed E-state index contributed by atoms with van der Waals surface area (Å²) in [6.07, 6.45) is 1.80. The van der Waals surface area contributed by atoms with Crippen molar-refractivity contribution in [3.05, 3.63) is 46.2 Å². The minimum atomic E-state index is 0.133. The van der Waals surface area contributed by atoms with Gasteiger partial charge in [-0.1, -0.05) is 6.07 Å². The van der Waals surface area contributed by atoms with Crippen molar-refractivity contribution in [1.82, 2.24) is 14.9 Å². The Balaban J connectivity index is 2.08. The summed E-state index contributed by atoms with van der Waals surface area (Å²) in [5.74, 6) is 0. The summed E-state index contributed by atoms with van der Waals surface area (Å²) in [4.78, 5) is 11.0. The molecular formula is C13H18N4S. The van der Waals surface area contributed by atoms with E-state index in [9.17, 15) is 0 Å². The Kier molecular flexibility index (Phi) is 4.41. The van der Waals surface area contributed by atoms with Crippen molar-refractivity contribution in [3.63, 3.8) is 0 Å². The van der Waals surface area contributed by atoms with Crippen LogP contribution in [-0.4, -0.2) is 28.5 Å². The van der Waals surface area contributed by atoms with Crippen molar-refractivity contribution in [2.45, 2.75) is 19.5 Å². The molecule has 0 aromatic carbocycles. The van der Waals surface area contributed by atoms with Gasteiger partial charge >= 0.3 is 0 Å². The first-order chi connectivity index (χ1) is 8.70. The number of nitrogens with zero attached hydrogens (tertiary/aromatic N) is 3. The fraction of sp³-hybridized carbons (Fsp3) is 0.385. The summed E-state index contributed by atoms with van der Waals surface area (Å²) in [5.41, 5.74) is 7.97. The molecule has 1 unspecified atom stereocenters. The molecule has 5 heteroatoms. The highest BCUT2D eigenvalue weighted by molar-refractivity contribution is 7.09. The van der Waals surface area contributed by atoms with Crippen LogP contribution in [0.3, 0.4) is 0 Å². The lowest BCUT2D eigenvalue weighted by atomic mass is 10.1. The number of pyridine rings is 1. The average molecular weight is 262 g/mol. The van der Waals surface area contributed by atoms with Crippen molar-refractivity contribution in [3.8, 4) is 0 Å². The van der Waals surface area contributed by atoms with Crippen LogP contribution in [0.1, 0.15) is 22.4 Å². The van der Waals surface area contributed by atoms with Crippen molar-refractivity contribution in [2.75, 3.05) is 13.6 Å². The molecule has 0 aliphatic rings. The van der Waals surface area contributed by atoms with E-state index in [-0.39, 0.29) is 6.04 Å². The Morgan fingerprint density at radius 3 is 2.83 bits per heavy atom. The summed E-state index contributed by atoms with van der Waals surface area (Å²) in [6.45, 7) is 3.37. The Morgan fingerprint density at radius 2 is 2.28 bits per heavy atom. The van der Waals surface area contributed by atoms with Crippen LogP contribution in [-0.2, 0) is 6.54 Å². The van der Waals surface area contributed by atoms with E-state index in [1.807, 2.05) is 25.1 Å². The second kappa shape index (κ2) is 6.04. The minimum absolute atomic E-state index is 0.133. The SMILES string of the molecule is Cc1nc(CN(C)C(CN)c2ccccn2)cs1. The molecule has 2 N–H and O–H groups in total. The van der Waals surface area contributed by atoms with Gasteiger partial charge in [0.05, 0.1) is 22.4 Å². The van der Waals surface area contributed by atoms with Gasteiger partial charge in [-0.15, -0.1) is 11.3 Å². The number of rotatable bonds is 5. The van der Waals surface area contributed by atoms with E-state index in [4.69, 9.17) is 5.73 Å². The third kappa shape index (κ3) is 3.13. The Hall–Kier alpha value is -1.30. The molecule has 0 aliphatic heterocycles. The highest BCUT2D eigenvalue weighted by Gasteiger charge is 2.17. The monoisotopic (exact) mass is 262 g/mol. The fourth-order valence-electron chi connectivity index (χ4n) is 1.95. The van der Waals surface area contributed by atoms with Crippen LogP contribution in [0.2, 0.25) is 0 Å². The zero-order valence-electron chi connectivity index (χ0n) is 10.7. The van der Waals surface area contributed by atoms with E-state index >= 15 is 0 Å². The van der Waals surface area contributed by atoms with Crippen LogP contribution in [0, 0.1) is 6.92 Å². The van der Waals surface area contributed by atoms with Crippen LogP contribution in [0.5, 0.6) is 0 Å². The van der Waals surface area contributed by atoms with Gasteiger partial charge in [0.1, 0.15) is 0 Å². The first-order valence-electron chi connectivity index (χ1n) is 5.93. The molecule has 18 heavy (non-hydrogen) atoms. The molecular weight excluding hydrogens is 244 g/mol. The molecule has 2 heterocycles. The van der Waals surface area contributed by atoms with Crippen molar-refractivity contribution >= 4 is 11.3 Å².